The third-order valence-corrected chi connectivity index (χ3v) is 1.60. The molecule has 0 fully saturated rings. The van der Waals surface area contributed by atoms with Crippen molar-refractivity contribution in [3.63, 3.8) is 0 Å². The molecule has 0 rings (SSSR count). The van der Waals surface area contributed by atoms with E-state index in [9.17, 15) is 5.11 Å². The zero-order valence-electron chi connectivity index (χ0n) is 8.94. The van der Waals surface area contributed by atoms with Gasteiger partial charge in [-0.3, -0.25) is 0 Å². The van der Waals surface area contributed by atoms with Crippen molar-refractivity contribution in [3.8, 4) is 0 Å². The van der Waals surface area contributed by atoms with E-state index in [2.05, 4.69) is 6.58 Å². The van der Waals surface area contributed by atoms with Crippen LogP contribution in [0.1, 0.15) is 34.1 Å². The monoisotopic (exact) mass is 181 g/mol. The van der Waals surface area contributed by atoms with Crippen molar-refractivity contribution in [2.45, 2.75) is 34.1 Å². The third-order valence-electron chi connectivity index (χ3n) is 1.60. The minimum Gasteiger partial charge on any atom is -0.508 e. The molecule has 0 aromatic rings. The van der Waals surface area contributed by atoms with Gasteiger partial charge in [0.1, 0.15) is 5.76 Å². The smallest absolute Gasteiger partial charge is 0.120 e. The van der Waals surface area contributed by atoms with Crippen LogP contribution in [0.4, 0.5) is 0 Å². The molecular weight excluding hydrogens is 162 g/mol. The van der Waals surface area contributed by atoms with Crippen molar-refractivity contribution < 1.29 is 5.11 Å². The van der Waals surface area contributed by atoms with Gasteiger partial charge in [-0.05, 0) is 17.9 Å². The van der Waals surface area contributed by atoms with Crippen molar-refractivity contribution in [3.05, 3.63) is 24.0 Å². The van der Waals surface area contributed by atoms with Gasteiger partial charge in [0.05, 0.1) is 0 Å². The molecule has 2 nitrogen and oxygen atoms in total. The molecule has 0 spiro atoms. The Labute approximate surface area is 80.5 Å². The highest BCUT2D eigenvalue weighted by Gasteiger charge is 2.11. The topological polar surface area (TPSA) is 44.1 Å². The van der Waals surface area contributed by atoms with Gasteiger partial charge in [0.15, 0.2) is 0 Å². The van der Waals surface area contributed by atoms with E-state index >= 15 is 0 Å². The van der Waals surface area contributed by atoms with Crippen LogP contribution in [-0.4, -0.2) is 10.8 Å². The Morgan fingerprint density at radius 2 is 1.92 bits per heavy atom. The number of aliphatic hydroxyl groups excluding tert-OH is 1. The van der Waals surface area contributed by atoms with Crippen LogP contribution in [0.3, 0.4) is 0 Å². The summed E-state index contributed by atoms with van der Waals surface area (Å²) in [5, 5.41) is 17.1. The van der Waals surface area contributed by atoms with Crippen LogP contribution in [0.15, 0.2) is 24.0 Å². The molecule has 0 unspecified atom stereocenters. The SMILES string of the molecule is C=C(C(=N)CC)/C(O)=C\C(C)(C)C. The minimum absolute atomic E-state index is 0.0823. The Kier molecular flexibility index (Phi) is 3.92. The Bertz CT molecular complexity index is 243. The molecule has 2 heteroatoms. The summed E-state index contributed by atoms with van der Waals surface area (Å²) in [4.78, 5) is 0. The molecule has 0 aliphatic carbocycles. The van der Waals surface area contributed by atoms with Crippen molar-refractivity contribution >= 4 is 5.71 Å². The highest BCUT2D eigenvalue weighted by Crippen LogP contribution is 2.20. The van der Waals surface area contributed by atoms with Crippen LogP contribution in [0.2, 0.25) is 0 Å². The van der Waals surface area contributed by atoms with E-state index in [1.165, 1.54) is 0 Å². The molecule has 0 aromatic carbocycles. The highest BCUT2D eigenvalue weighted by atomic mass is 16.3. The lowest BCUT2D eigenvalue weighted by Crippen LogP contribution is -2.06. The third kappa shape index (κ3) is 4.51. The van der Waals surface area contributed by atoms with Gasteiger partial charge < -0.3 is 10.5 Å². The predicted octanol–water partition coefficient (Wildman–Crippen LogP) is 3.46. The maximum absolute atomic E-state index is 9.58. The first-order chi connectivity index (χ1) is 5.78. The first kappa shape index (κ1) is 11.9. The van der Waals surface area contributed by atoms with E-state index in [1.54, 1.807) is 6.08 Å². The number of aliphatic hydroxyl groups is 1. The molecule has 0 radical (unpaired) electrons. The Morgan fingerprint density at radius 1 is 1.46 bits per heavy atom. The van der Waals surface area contributed by atoms with Crippen molar-refractivity contribution in [1.29, 1.82) is 5.41 Å². The molecule has 2 N–H and O–H groups in total. The minimum atomic E-state index is -0.0823. The normalized spacial score (nSPS) is 12.8. The fourth-order valence-electron chi connectivity index (χ4n) is 0.865. The summed E-state index contributed by atoms with van der Waals surface area (Å²) in [7, 11) is 0. The zero-order valence-corrected chi connectivity index (χ0v) is 8.94. The van der Waals surface area contributed by atoms with Crippen LogP contribution in [0.5, 0.6) is 0 Å². The largest absolute Gasteiger partial charge is 0.508 e. The summed E-state index contributed by atoms with van der Waals surface area (Å²) in [6.45, 7) is 11.5. The van der Waals surface area contributed by atoms with Gasteiger partial charge in [-0.25, -0.2) is 0 Å². The second-order valence-electron chi connectivity index (χ2n) is 4.21. The van der Waals surface area contributed by atoms with Gasteiger partial charge in [0.25, 0.3) is 0 Å². The van der Waals surface area contributed by atoms with E-state index in [4.69, 9.17) is 5.41 Å². The van der Waals surface area contributed by atoms with Gasteiger partial charge in [-0.2, -0.15) is 0 Å². The highest BCUT2D eigenvalue weighted by molar-refractivity contribution is 6.00. The summed E-state index contributed by atoms with van der Waals surface area (Å²) in [5.74, 6) is 0.124. The molecule has 0 saturated heterocycles. The van der Waals surface area contributed by atoms with Gasteiger partial charge in [0, 0.05) is 11.3 Å². The van der Waals surface area contributed by atoms with E-state index in [-0.39, 0.29) is 11.2 Å². The molecule has 74 valence electrons. The van der Waals surface area contributed by atoms with Gasteiger partial charge in [-0.15, -0.1) is 0 Å². The summed E-state index contributed by atoms with van der Waals surface area (Å²) in [6.07, 6.45) is 2.32. The van der Waals surface area contributed by atoms with Crippen LogP contribution in [0.25, 0.3) is 0 Å². The fourth-order valence-corrected chi connectivity index (χ4v) is 0.865. The standard InChI is InChI=1S/C11H19NO/c1-6-9(12)8(2)10(13)7-11(3,4)5/h7,12-13H,2,6H2,1,3-5H3/b10-7+,12-9?. The quantitative estimate of drug-likeness (QED) is 0.391. The summed E-state index contributed by atoms with van der Waals surface area (Å²) in [6, 6.07) is 0. The second kappa shape index (κ2) is 4.26. The van der Waals surface area contributed by atoms with Gasteiger partial charge >= 0.3 is 0 Å². The molecule has 0 amide bonds. The molecular formula is C11H19NO. The molecule has 0 aliphatic heterocycles. The number of hydrogen-bond donors (Lipinski definition) is 2. The van der Waals surface area contributed by atoms with E-state index in [0.717, 1.165) is 0 Å². The molecule has 0 atom stereocenters. The maximum Gasteiger partial charge on any atom is 0.120 e. The number of allylic oxidation sites excluding steroid dienone is 2. The molecule has 0 heterocycles. The average Bonchev–Trinajstić information content (AvgIpc) is 1.98. The molecule has 13 heavy (non-hydrogen) atoms. The first-order valence-corrected chi connectivity index (χ1v) is 4.47. The van der Waals surface area contributed by atoms with Crippen LogP contribution >= 0.6 is 0 Å². The summed E-state index contributed by atoms with van der Waals surface area (Å²) in [5.41, 5.74) is 0.733. The Morgan fingerprint density at radius 3 is 2.23 bits per heavy atom. The molecule has 0 bridgehead atoms. The lowest BCUT2D eigenvalue weighted by atomic mass is 9.93. The van der Waals surface area contributed by atoms with Crippen molar-refractivity contribution in [1.82, 2.24) is 0 Å². The first-order valence-electron chi connectivity index (χ1n) is 4.47. The van der Waals surface area contributed by atoms with Crippen LogP contribution in [-0.2, 0) is 0 Å². The molecule has 0 aromatic heterocycles. The van der Waals surface area contributed by atoms with Crippen LogP contribution in [0, 0.1) is 10.8 Å². The summed E-state index contributed by atoms with van der Waals surface area (Å²) < 4.78 is 0. The predicted molar refractivity (Wildman–Crippen MR) is 57.3 cm³/mol. The summed E-state index contributed by atoms with van der Waals surface area (Å²) >= 11 is 0. The van der Waals surface area contributed by atoms with E-state index in [0.29, 0.717) is 17.7 Å². The lowest BCUT2D eigenvalue weighted by Gasteiger charge is -2.14. The van der Waals surface area contributed by atoms with Crippen LogP contribution < -0.4 is 0 Å². The lowest BCUT2D eigenvalue weighted by molar-refractivity contribution is 0.406. The molecule has 0 saturated carbocycles. The Hall–Kier alpha value is -1.05. The number of hydrogen-bond acceptors (Lipinski definition) is 2. The van der Waals surface area contributed by atoms with E-state index in [1.807, 2.05) is 27.7 Å². The average molecular weight is 181 g/mol. The fraction of sp³-hybridized carbons (Fsp3) is 0.545. The zero-order chi connectivity index (χ0) is 10.6. The number of rotatable bonds is 3. The van der Waals surface area contributed by atoms with Crippen molar-refractivity contribution in [2.75, 3.05) is 0 Å². The maximum atomic E-state index is 9.58. The molecule has 0 aliphatic rings. The number of nitrogens with one attached hydrogen (secondary N) is 1. The van der Waals surface area contributed by atoms with Gasteiger partial charge in [-0.1, -0.05) is 34.3 Å². The van der Waals surface area contributed by atoms with Gasteiger partial charge in [0.2, 0.25) is 0 Å². The second-order valence-corrected chi connectivity index (χ2v) is 4.21. The van der Waals surface area contributed by atoms with E-state index < -0.39 is 0 Å². The van der Waals surface area contributed by atoms with Crippen molar-refractivity contribution in [2.24, 2.45) is 5.41 Å². The Balaban J connectivity index is 4.62.